The van der Waals surface area contributed by atoms with Crippen molar-refractivity contribution in [1.82, 2.24) is 0 Å². The van der Waals surface area contributed by atoms with Crippen molar-refractivity contribution in [3.8, 4) is 0 Å². The lowest BCUT2D eigenvalue weighted by Gasteiger charge is -2.13. The molecule has 0 aromatic heterocycles. The highest BCUT2D eigenvalue weighted by Gasteiger charge is 2.17. The Morgan fingerprint density at radius 3 is 2.37 bits per heavy atom. The van der Waals surface area contributed by atoms with E-state index in [1.54, 1.807) is 24.3 Å². The average molecular weight is 263 g/mol. The largest absolute Gasteiger partial charge is 0.453 e. The highest BCUT2D eigenvalue weighted by Crippen LogP contribution is 2.07. The number of carbonyl (C=O) groups excluding carboxylic acids is 3. The second-order valence-corrected chi connectivity index (χ2v) is 4.19. The van der Waals surface area contributed by atoms with Gasteiger partial charge in [-0.05, 0) is 26.0 Å². The summed E-state index contributed by atoms with van der Waals surface area (Å²) in [6.07, 6.45) is -0.760. The summed E-state index contributed by atoms with van der Waals surface area (Å²) in [6, 6.07) is 8.89. The molecule has 1 aromatic carbocycles. The molecule has 0 saturated heterocycles. The normalized spacial score (nSPS) is 11.5. The Morgan fingerprint density at radius 2 is 1.79 bits per heavy atom. The van der Waals surface area contributed by atoms with E-state index in [-0.39, 0.29) is 18.6 Å². The second-order valence-electron chi connectivity index (χ2n) is 4.19. The lowest BCUT2D eigenvalue weighted by atomic mass is 10.2. The van der Waals surface area contributed by atoms with Gasteiger partial charge in [0.25, 0.3) is 5.91 Å². The van der Waals surface area contributed by atoms with Gasteiger partial charge in [0.15, 0.2) is 6.10 Å². The maximum Gasteiger partial charge on any atom is 0.307 e. The van der Waals surface area contributed by atoms with Crippen LogP contribution in [0.1, 0.15) is 26.7 Å². The predicted molar refractivity (Wildman–Crippen MR) is 70.5 cm³/mol. The Balaban J connectivity index is 2.40. The summed E-state index contributed by atoms with van der Waals surface area (Å²) in [4.78, 5) is 33.8. The number of amides is 1. The standard InChI is InChI=1S/C14H17NO4/c1-10(16)8-9-13(17)19-11(2)14(18)15-12-6-4-3-5-7-12/h3-7,11H,8-9H2,1-2H3,(H,15,18)/t11-/m1/s1. The van der Waals surface area contributed by atoms with Gasteiger partial charge in [-0.1, -0.05) is 18.2 Å². The van der Waals surface area contributed by atoms with Crippen molar-refractivity contribution in [2.24, 2.45) is 0 Å². The number of carbonyl (C=O) groups is 3. The van der Waals surface area contributed by atoms with Crippen molar-refractivity contribution in [1.29, 1.82) is 0 Å². The summed E-state index contributed by atoms with van der Waals surface area (Å²) in [5, 5.41) is 2.63. The molecule has 0 aliphatic heterocycles. The number of nitrogens with one attached hydrogen (secondary N) is 1. The second kappa shape index (κ2) is 7.31. The summed E-state index contributed by atoms with van der Waals surface area (Å²) < 4.78 is 4.93. The van der Waals surface area contributed by atoms with Crippen LogP contribution in [-0.2, 0) is 19.1 Å². The molecule has 5 nitrogen and oxygen atoms in total. The molecule has 0 heterocycles. The minimum Gasteiger partial charge on any atom is -0.453 e. The third-order valence-electron chi connectivity index (χ3n) is 2.40. The van der Waals surface area contributed by atoms with Gasteiger partial charge in [0.2, 0.25) is 0 Å². The molecule has 1 atom stereocenters. The van der Waals surface area contributed by atoms with Gasteiger partial charge in [-0.25, -0.2) is 0 Å². The minimum atomic E-state index is -0.889. The van der Waals surface area contributed by atoms with Crippen LogP contribution in [0.4, 0.5) is 5.69 Å². The molecule has 1 N–H and O–H groups in total. The Hall–Kier alpha value is -2.17. The molecule has 0 saturated carbocycles. The van der Waals surface area contributed by atoms with Gasteiger partial charge >= 0.3 is 5.97 Å². The maximum absolute atomic E-state index is 11.7. The molecule has 0 aliphatic rings. The SMILES string of the molecule is CC(=O)CCC(=O)O[C@H](C)C(=O)Nc1ccccc1. The first kappa shape index (κ1) is 14.9. The minimum absolute atomic E-state index is 0.00170. The van der Waals surface area contributed by atoms with Crippen LogP contribution < -0.4 is 5.32 Å². The van der Waals surface area contributed by atoms with E-state index in [2.05, 4.69) is 5.32 Å². The number of anilines is 1. The predicted octanol–water partition coefficient (Wildman–Crippen LogP) is 1.93. The fourth-order valence-corrected chi connectivity index (χ4v) is 1.35. The quantitative estimate of drug-likeness (QED) is 0.796. The number of ketones is 1. The number of hydrogen-bond donors (Lipinski definition) is 1. The highest BCUT2D eigenvalue weighted by atomic mass is 16.5. The molecule has 102 valence electrons. The smallest absolute Gasteiger partial charge is 0.307 e. The first-order valence-corrected chi connectivity index (χ1v) is 6.04. The van der Waals surface area contributed by atoms with Crippen LogP contribution >= 0.6 is 0 Å². The Morgan fingerprint density at radius 1 is 1.16 bits per heavy atom. The van der Waals surface area contributed by atoms with Crippen LogP contribution in [0.15, 0.2) is 30.3 Å². The van der Waals surface area contributed by atoms with Crippen molar-refractivity contribution >= 4 is 23.3 Å². The van der Waals surface area contributed by atoms with Crippen LogP contribution in [0.3, 0.4) is 0 Å². The van der Waals surface area contributed by atoms with E-state index in [0.29, 0.717) is 5.69 Å². The zero-order valence-electron chi connectivity index (χ0n) is 11.0. The molecule has 1 amide bonds. The van der Waals surface area contributed by atoms with Gasteiger partial charge in [-0.3, -0.25) is 9.59 Å². The fourth-order valence-electron chi connectivity index (χ4n) is 1.35. The molecule has 1 rings (SSSR count). The van der Waals surface area contributed by atoms with E-state index in [0.717, 1.165) is 0 Å². The molecule has 0 spiro atoms. The summed E-state index contributed by atoms with van der Waals surface area (Å²) >= 11 is 0. The van der Waals surface area contributed by atoms with E-state index in [1.165, 1.54) is 13.8 Å². The average Bonchev–Trinajstić information content (AvgIpc) is 2.37. The topological polar surface area (TPSA) is 72.5 Å². The third-order valence-corrected chi connectivity index (χ3v) is 2.40. The van der Waals surface area contributed by atoms with Crippen LogP contribution in [0.5, 0.6) is 0 Å². The number of ether oxygens (including phenoxy) is 1. The molecular formula is C14H17NO4. The molecule has 0 bridgehead atoms. The summed E-state index contributed by atoms with van der Waals surface area (Å²) in [6.45, 7) is 2.89. The lowest BCUT2D eigenvalue weighted by Crippen LogP contribution is -2.30. The molecule has 19 heavy (non-hydrogen) atoms. The van der Waals surface area contributed by atoms with Crippen molar-refractivity contribution < 1.29 is 19.1 Å². The first-order chi connectivity index (χ1) is 8.99. The van der Waals surface area contributed by atoms with Crippen molar-refractivity contribution in [3.63, 3.8) is 0 Å². The van der Waals surface area contributed by atoms with Crippen molar-refractivity contribution in [2.45, 2.75) is 32.8 Å². The number of rotatable bonds is 6. The van der Waals surface area contributed by atoms with Crippen molar-refractivity contribution in [3.05, 3.63) is 30.3 Å². The molecule has 0 fully saturated rings. The van der Waals surface area contributed by atoms with Crippen molar-refractivity contribution in [2.75, 3.05) is 5.32 Å². The molecule has 1 aromatic rings. The van der Waals surface area contributed by atoms with Crippen LogP contribution in [0.25, 0.3) is 0 Å². The van der Waals surface area contributed by atoms with Gasteiger partial charge in [0.1, 0.15) is 5.78 Å². The zero-order valence-corrected chi connectivity index (χ0v) is 11.0. The van der Waals surface area contributed by atoms with E-state index >= 15 is 0 Å². The summed E-state index contributed by atoms with van der Waals surface area (Å²) in [7, 11) is 0. The highest BCUT2D eigenvalue weighted by molar-refractivity contribution is 5.95. The van der Waals surface area contributed by atoms with E-state index in [9.17, 15) is 14.4 Å². The van der Waals surface area contributed by atoms with Crippen LogP contribution in [0.2, 0.25) is 0 Å². The Labute approximate surface area is 111 Å². The molecule has 0 aliphatic carbocycles. The zero-order chi connectivity index (χ0) is 14.3. The number of benzene rings is 1. The molecular weight excluding hydrogens is 246 g/mol. The molecule has 0 unspecified atom stereocenters. The van der Waals surface area contributed by atoms with Gasteiger partial charge in [-0.15, -0.1) is 0 Å². The Bertz CT molecular complexity index is 456. The number of esters is 1. The van der Waals surface area contributed by atoms with Gasteiger partial charge in [-0.2, -0.15) is 0 Å². The van der Waals surface area contributed by atoms with Gasteiger partial charge < -0.3 is 14.8 Å². The monoisotopic (exact) mass is 263 g/mol. The number of para-hydroxylation sites is 1. The van der Waals surface area contributed by atoms with E-state index < -0.39 is 18.0 Å². The van der Waals surface area contributed by atoms with E-state index in [1.807, 2.05) is 6.07 Å². The van der Waals surface area contributed by atoms with Crippen LogP contribution in [-0.4, -0.2) is 23.8 Å². The molecule has 5 heteroatoms. The number of Topliss-reactive ketones (excluding diaryl/α,β-unsaturated/α-hetero) is 1. The molecule has 0 radical (unpaired) electrons. The lowest BCUT2D eigenvalue weighted by molar-refractivity contribution is -0.153. The fraction of sp³-hybridized carbons (Fsp3) is 0.357. The number of hydrogen-bond acceptors (Lipinski definition) is 4. The third kappa shape index (κ3) is 5.81. The van der Waals surface area contributed by atoms with Gasteiger partial charge in [0.05, 0.1) is 6.42 Å². The first-order valence-electron chi connectivity index (χ1n) is 6.04. The summed E-state index contributed by atoms with van der Waals surface area (Å²) in [5.74, 6) is -1.04. The van der Waals surface area contributed by atoms with Gasteiger partial charge in [0, 0.05) is 12.1 Å². The van der Waals surface area contributed by atoms with E-state index in [4.69, 9.17) is 4.74 Å². The summed E-state index contributed by atoms with van der Waals surface area (Å²) in [5.41, 5.74) is 0.638. The van der Waals surface area contributed by atoms with Crippen LogP contribution in [0, 0.1) is 0 Å². The Kier molecular flexibility index (Phi) is 5.73. The maximum atomic E-state index is 11.7.